The number of rotatable bonds is 13. The molecule has 5 saturated heterocycles. The van der Waals surface area contributed by atoms with Crippen molar-refractivity contribution >= 4 is 17.9 Å². The third kappa shape index (κ3) is 11.2. The zero-order valence-corrected chi connectivity index (χ0v) is 50.7. The number of allylic oxidation sites excluding steroid dienone is 2. The summed E-state index contributed by atoms with van der Waals surface area (Å²) in [5, 5.41) is 166. The number of carboxylic acids is 1. The van der Waals surface area contributed by atoms with Gasteiger partial charge in [0.05, 0.1) is 50.2 Å². The van der Waals surface area contributed by atoms with Crippen LogP contribution in [0, 0.1) is 50.2 Å². The van der Waals surface area contributed by atoms with Crippen molar-refractivity contribution < 1.29 is 143 Å². The summed E-state index contributed by atoms with van der Waals surface area (Å²) in [5.41, 5.74) is -5.55. The van der Waals surface area contributed by atoms with Crippen molar-refractivity contribution in [3.05, 3.63) is 11.6 Å². The topological polar surface area (TPSA) is 456 Å². The standard InChI is InChI=1S/C59H92O29/c1-22-42(82-23(2)61)44(85-48-39(72)35(68)28(64)20-79-48)41(74)50(81-22)86-45-36(69)29(65)21-80-51(45)88-53(77)59-14-13-54(3,4)15-25(59)24-9-10-31-55(5)16-26(62)46(58(8,52(75)76)32(55)11-12-56(31,6)57(24,7)17-33(59)66)87-49-40(73)37(70)43(30(18-60)83-49)84-47-38(71)34(67)27(63)19-78-47/h9,22,25-51,60,62-74H,10-21H2,1-8H3,(H,75,76)/t22-,25-,26-,27-,28-,29-,30-,31-,32-,33-,34+,35+,36+,37-,38-,39-,40-,41-,42-,43-,44-,45-,46+,47+,48+,49+,50+,51+,55-,56+,57+,58+,59+/m0/s1. The molecule has 29 nitrogen and oxygen atoms in total. The zero-order chi connectivity index (χ0) is 64.4. The number of esters is 2. The van der Waals surface area contributed by atoms with Crippen LogP contribution < -0.4 is 0 Å². The predicted molar refractivity (Wildman–Crippen MR) is 290 cm³/mol. The summed E-state index contributed by atoms with van der Waals surface area (Å²) < 4.78 is 64.4. The van der Waals surface area contributed by atoms with Crippen LogP contribution in [0.5, 0.6) is 0 Å². The Hall–Kier alpha value is -2.77. The van der Waals surface area contributed by atoms with Crippen LogP contribution in [0.1, 0.15) is 107 Å². The molecular weight excluding hydrogens is 1170 g/mol. The van der Waals surface area contributed by atoms with Crippen LogP contribution >= 0.6 is 0 Å². The number of carbonyl (C=O) groups is 3. The first-order valence-corrected chi connectivity index (χ1v) is 30.7. The number of aliphatic hydroxyl groups excluding tert-OH is 14. The number of fused-ring (bicyclic) bond motifs is 7. The van der Waals surface area contributed by atoms with Gasteiger partial charge in [0, 0.05) is 6.92 Å². The number of carboxylic acid groups (broad SMARTS) is 1. The van der Waals surface area contributed by atoms with Crippen molar-refractivity contribution in [3.8, 4) is 0 Å². The van der Waals surface area contributed by atoms with E-state index in [9.17, 15) is 86.2 Å². The molecule has 15 N–H and O–H groups in total. The van der Waals surface area contributed by atoms with E-state index in [0.29, 0.717) is 25.7 Å². The van der Waals surface area contributed by atoms with Crippen LogP contribution in [0.25, 0.3) is 0 Å². The van der Waals surface area contributed by atoms with E-state index in [1.807, 2.05) is 6.92 Å². The van der Waals surface area contributed by atoms with E-state index in [2.05, 4.69) is 33.8 Å². The fraction of sp³-hybridized carbons (Fsp3) is 0.915. The van der Waals surface area contributed by atoms with Gasteiger partial charge in [0.1, 0.15) is 97.0 Å². The first kappa shape index (κ1) is 68.1. The monoisotopic (exact) mass is 1260 g/mol. The number of aliphatic hydroxyl groups is 14. The zero-order valence-electron chi connectivity index (χ0n) is 50.7. The molecule has 0 spiro atoms. The van der Waals surface area contributed by atoms with E-state index in [1.54, 1.807) is 0 Å². The molecule has 10 aliphatic rings. The first-order chi connectivity index (χ1) is 41.1. The fourth-order valence-electron chi connectivity index (χ4n) is 17.6. The van der Waals surface area contributed by atoms with Crippen LogP contribution in [-0.2, 0) is 66.5 Å². The second-order valence-corrected chi connectivity index (χ2v) is 28.3. The molecule has 0 radical (unpaired) electrons. The Kier molecular flexibility index (Phi) is 19.2. The molecule has 33 atom stereocenters. The lowest BCUT2D eigenvalue weighted by Gasteiger charge is -2.71. The molecule has 4 saturated carbocycles. The number of carbonyl (C=O) groups excluding carboxylic acids is 2. The third-order valence-corrected chi connectivity index (χ3v) is 22.7. The van der Waals surface area contributed by atoms with E-state index >= 15 is 4.79 Å². The van der Waals surface area contributed by atoms with Gasteiger partial charge in [-0.05, 0) is 105 Å². The second-order valence-electron chi connectivity index (χ2n) is 28.3. The Morgan fingerprint density at radius 1 is 0.568 bits per heavy atom. The van der Waals surface area contributed by atoms with Crippen LogP contribution in [-0.4, -0.2) is 274 Å². The lowest BCUT2D eigenvalue weighted by atomic mass is 9.33. The van der Waals surface area contributed by atoms with E-state index in [-0.39, 0.29) is 37.0 Å². The van der Waals surface area contributed by atoms with Crippen molar-refractivity contribution in [2.24, 2.45) is 50.2 Å². The summed E-state index contributed by atoms with van der Waals surface area (Å²) in [5.74, 6) is -4.75. The Labute approximate surface area is 508 Å². The van der Waals surface area contributed by atoms with Crippen LogP contribution in [0.3, 0.4) is 0 Å². The minimum Gasteiger partial charge on any atom is -0.481 e. The molecular formula is C59H92O29. The van der Waals surface area contributed by atoms with E-state index in [1.165, 1.54) is 13.8 Å². The maximum atomic E-state index is 15.5. The average Bonchev–Trinajstić information content (AvgIpc) is 0.674. The van der Waals surface area contributed by atoms with Gasteiger partial charge in [-0.2, -0.15) is 0 Å². The van der Waals surface area contributed by atoms with Gasteiger partial charge in [0.15, 0.2) is 37.4 Å². The molecule has 0 amide bonds. The maximum Gasteiger partial charge on any atom is 0.317 e. The van der Waals surface area contributed by atoms with Crippen molar-refractivity contribution in [2.45, 2.75) is 260 Å². The van der Waals surface area contributed by atoms with E-state index < -0.39 is 237 Å². The number of aliphatic carboxylic acids is 1. The lowest BCUT2D eigenvalue weighted by molar-refractivity contribution is -0.371. The second kappa shape index (κ2) is 24.9. The predicted octanol–water partition coefficient (Wildman–Crippen LogP) is -3.69. The molecule has 5 heterocycles. The van der Waals surface area contributed by atoms with Gasteiger partial charge in [-0.1, -0.05) is 46.3 Å². The minimum absolute atomic E-state index is 0.00766. The Balaban J connectivity index is 0.897. The highest BCUT2D eigenvalue weighted by atomic mass is 16.8. The number of ether oxygens (including phenoxy) is 11. The highest BCUT2D eigenvalue weighted by Crippen LogP contribution is 2.76. The molecule has 88 heavy (non-hydrogen) atoms. The molecule has 0 bridgehead atoms. The quantitative estimate of drug-likeness (QED) is 0.0480. The molecule has 10 rings (SSSR count). The fourth-order valence-corrected chi connectivity index (χ4v) is 17.6. The summed E-state index contributed by atoms with van der Waals surface area (Å²) in [4.78, 5) is 41.8. The van der Waals surface area contributed by atoms with Gasteiger partial charge in [-0.3, -0.25) is 14.4 Å². The van der Waals surface area contributed by atoms with Crippen molar-refractivity contribution in [2.75, 3.05) is 26.4 Å². The van der Waals surface area contributed by atoms with Gasteiger partial charge < -0.3 is 129 Å². The van der Waals surface area contributed by atoms with Crippen molar-refractivity contribution in [1.29, 1.82) is 0 Å². The lowest BCUT2D eigenvalue weighted by Crippen LogP contribution is -2.71. The Morgan fingerprint density at radius 3 is 1.72 bits per heavy atom. The normalized spacial score (nSPS) is 53.6. The molecule has 9 fully saturated rings. The maximum absolute atomic E-state index is 15.5. The van der Waals surface area contributed by atoms with Gasteiger partial charge >= 0.3 is 17.9 Å². The van der Waals surface area contributed by atoms with Gasteiger partial charge in [0.25, 0.3) is 0 Å². The summed E-state index contributed by atoms with van der Waals surface area (Å²) in [6.07, 6.45) is -37.3. The first-order valence-electron chi connectivity index (χ1n) is 30.7. The summed E-state index contributed by atoms with van der Waals surface area (Å²) >= 11 is 0. The van der Waals surface area contributed by atoms with Gasteiger partial charge in [-0.25, -0.2) is 0 Å². The molecule has 0 aromatic rings. The van der Waals surface area contributed by atoms with Crippen LogP contribution in [0.4, 0.5) is 0 Å². The molecule has 0 unspecified atom stereocenters. The third-order valence-electron chi connectivity index (χ3n) is 22.7. The van der Waals surface area contributed by atoms with Crippen molar-refractivity contribution in [1.82, 2.24) is 0 Å². The molecule has 5 aliphatic carbocycles. The molecule has 5 aliphatic heterocycles. The van der Waals surface area contributed by atoms with Crippen LogP contribution in [0.2, 0.25) is 0 Å². The van der Waals surface area contributed by atoms with E-state index in [0.717, 1.165) is 12.5 Å². The van der Waals surface area contributed by atoms with Gasteiger partial charge in [-0.15, -0.1) is 0 Å². The largest absolute Gasteiger partial charge is 0.481 e. The number of hydrogen-bond donors (Lipinski definition) is 15. The molecule has 29 heteroatoms. The summed E-state index contributed by atoms with van der Waals surface area (Å²) in [6.45, 7) is 12.0. The Bertz CT molecular complexity index is 2560. The SMILES string of the molecule is CC(=O)O[C@@H]1[C@@H](O[C@H]2OC[C@H](O)[C@@H](O)[C@@H]2O)[C@H](O)[C@@H](O[C@@H]2[C@@H](OC(=O)[C@]34CCC(C)(C)C[C@H]3C3=CC[C@H]5[C@]6(C)C[C@H](O)[C@@H](O[C@H]7O[C@@H](CO)[C@H](O[C@H]8OC[C@H](O)[C@@H](O)[C@@H]8O)[C@@H](O)[C@@H]7O)[C@](C)(C(=O)O)[C@H]6CC[C@@]5(C)[C@]3(C)C[C@@H]4O)OC[C@H](O)[C@H]2O)O[C@H]1C. The smallest absolute Gasteiger partial charge is 0.317 e. The molecule has 0 aromatic carbocycles. The van der Waals surface area contributed by atoms with E-state index in [4.69, 9.17) is 52.1 Å². The average molecular weight is 1270 g/mol. The number of hydrogen-bond acceptors (Lipinski definition) is 28. The Morgan fingerprint density at radius 2 is 1.12 bits per heavy atom. The molecule has 0 aromatic heterocycles. The van der Waals surface area contributed by atoms with Gasteiger partial charge in [0.2, 0.25) is 6.29 Å². The minimum atomic E-state index is -1.97. The molecule has 502 valence electrons. The van der Waals surface area contributed by atoms with Crippen LogP contribution in [0.15, 0.2) is 11.6 Å². The highest BCUT2D eigenvalue weighted by molar-refractivity contribution is 5.80. The summed E-state index contributed by atoms with van der Waals surface area (Å²) in [6, 6.07) is 0. The summed E-state index contributed by atoms with van der Waals surface area (Å²) in [7, 11) is 0. The van der Waals surface area contributed by atoms with Crippen molar-refractivity contribution in [3.63, 3.8) is 0 Å². The highest BCUT2D eigenvalue weighted by Gasteiger charge is 2.74.